The van der Waals surface area contributed by atoms with Crippen molar-refractivity contribution in [3.63, 3.8) is 0 Å². The maximum atomic E-state index is 3.49. The first-order valence-corrected chi connectivity index (χ1v) is 7.82. The molecule has 2 nitrogen and oxygen atoms in total. The number of hydrogen-bond acceptors (Lipinski definition) is 2. The molecule has 1 saturated heterocycles. The smallest absolute Gasteiger partial charge is 0.0372 e. The van der Waals surface area contributed by atoms with E-state index in [9.17, 15) is 0 Å². The summed E-state index contributed by atoms with van der Waals surface area (Å²) in [6, 6.07) is 7.74. The van der Waals surface area contributed by atoms with Crippen molar-refractivity contribution in [3.8, 4) is 0 Å². The highest BCUT2D eigenvalue weighted by atomic mass is 15.2. The van der Waals surface area contributed by atoms with Crippen LogP contribution in [0.2, 0.25) is 0 Å². The lowest BCUT2D eigenvalue weighted by atomic mass is 9.92. The molecule has 104 valence electrons. The second-order valence-electron chi connectivity index (χ2n) is 6.47. The molecular formula is C17H26N2. The van der Waals surface area contributed by atoms with Crippen LogP contribution >= 0.6 is 0 Å². The van der Waals surface area contributed by atoms with E-state index in [1.165, 1.54) is 49.0 Å². The van der Waals surface area contributed by atoms with Crippen LogP contribution < -0.4 is 5.32 Å². The van der Waals surface area contributed by atoms with Crippen molar-refractivity contribution in [3.05, 3.63) is 29.3 Å². The van der Waals surface area contributed by atoms with E-state index < -0.39 is 0 Å². The quantitative estimate of drug-likeness (QED) is 0.871. The van der Waals surface area contributed by atoms with E-state index in [-0.39, 0.29) is 0 Å². The van der Waals surface area contributed by atoms with Crippen LogP contribution in [0.25, 0.3) is 0 Å². The van der Waals surface area contributed by atoms with Gasteiger partial charge in [0.05, 0.1) is 0 Å². The van der Waals surface area contributed by atoms with Gasteiger partial charge in [-0.1, -0.05) is 19.1 Å². The minimum Gasteiger partial charge on any atom is -0.385 e. The molecule has 2 heteroatoms. The van der Waals surface area contributed by atoms with Crippen molar-refractivity contribution >= 4 is 5.69 Å². The molecule has 0 aliphatic carbocycles. The number of nitrogens with one attached hydrogen (secondary N) is 1. The molecule has 0 spiro atoms. The Morgan fingerprint density at radius 1 is 1.32 bits per heavy atom. The van der Waals surface area contributed by atoms with E-state index in [1.54, 1.807) is 0 Å². The largest absolute Gasteiger partial charge is 0.385 e. The number of nitrogens with zero attached hydrogens (tertiary/aromatic N) is 1. The first-order valence-electron chi connectivity index (χ1n) is 7.82. The number of piperidine rings is 1. The third-order valence-corrected chi connectivity index (χ3v) is 4.77. The Bertz CT molecular complexity index is 441. The second kappa shape index (κ2) is 5.54. The minimum absolute atomic E-state index is 0.734. The van der Waals surface area contributed by atoms with Crippen LogP contribution in [0.5, 0.6) is 0 Å². The zero-order valence-electron chi connectivity index (χ0n) is 12.3. The van der Waals surface area contributed by atoms with Gasteiger partial charge in [0.2, 0.25) is 0 Å². The molecule has 0 aromatic heterocycles. The summed E-state index contributed by atoms with van der Waals surface area (Å²) in [5, 5.41) is 3.49. The number of likely N-dealkylation sites (tertiary alicyclic amines) is 1. The Balaban J connectivity index is 1.69. The van der Waals surface area contributed by atoms with Gasteiger partial charge in [0.15, 0.2) is 0 Å². The van der Waals surface area contributed by atoms with Gasteiger partial charge >= 0.3 is 0 Å². The summed E-state index contributed by atoms with van der Waals surface area (Å²) in [5.41, 5.74) is 4.36. The number of fused-ring (bicyclic) bond motifs is 1. The average Bonchev–Trinajstić information content (AvgIpc) is 2.42. The molecule has 2 heterocycles. The number of benzene rings is 1. The van der Waals surface area contributed by atoms with Crippen molar-refractivity contribution < 1.29 is 0 Å². The van der Waals surface area contributed by atoms with E-state index in [0.717, 1.165) is 25.0 Å². The summed E-state index contributed by atoms with van der Waals surface area (Å²) >= 11 is 0. The highest BCUT2D eigenvalue weighted by molar-refractivity contribution is 5.54. The van der Waals surface area contributed by atoms with Crippen molar-refractivity contribution in [1.29, 1.82) is 0 Å². The fourth-order valence-corrected chi connectivity index (χ4v) is 3.55. The molecule has 2 aliphatic rings. The van der Waals surface area contributed by atoms with Crippen molar-refractivity contribution in [2.45, 2.75) is 52.1 Å². The van der Waals surface area contributed by atoms with Gasteiger partial charge in [-0.3, -0.25) is 4.90 Å². The van der Waals surface area contributed by atoms with E-state index >= 15 is 0 Å². The van der Waals surface area contributed by atoms with Crippen molar-refractivity contribution in [2.75, 3.05) is 18.4 Å². The van der Waals surface area contributed by atoms with Gasteiger partial charge in [0.1, 0.15) is 0 Å². The summed E-state index contributed by atoms with van der Waals surface area (Å²) < 4.78 is 0. The van der Waals surface area contributed by atoms with Crippen LogP contribution in [0.3, 0.4) is 0 Å². The molecule has 1 aromatic carbocycles. The van der Waals surface area contributed by atoms with E-state index in [1.807, 2.05) is 0 Å². The Kier molecular flexibility index (Phi) is 3.79. The molecule has 0 saturated carbocycles. The highest BCUT2D eigenvalue weighted by Crippen LogP contribution is 2.26. The maximum Gasteiger partial charge on any atom is 0.0372 e. The third kappa shape index (κ3) is 2.94. The summed E-state index contributed by atoms with van der Waals surface area (Å²) in [6.07, 6.45) is 5.22. The molecule has 0 amide bonds. The Morgan fingerprint density at radius 2 is 2.21 bits per heavy atom. The van der Waals surface area contributed by atoms with Crippen LogP contribution in [0.4, 0.5) is 5.69 Å². The second-order valence-corrected chi connectivity index (χ2v) is 6.47. The molecule has 2 aliphatic heterocycles. The average molecular weight is 258 g/mol. The SMILES string of the molecule is CC1CCN(Cc2ccc3c(c2)CCCN3)C(C)C1. The van der Waals surface area contributed by atoms with Crippen LogP contribution in [-0.4, -0.2) is 24.0 Å². The Labute approximate surface area is 117 Å². The van der Waals surface area contributed by atoms with Gasteiger partial charge in [0, 0.05) is 24.8 Å². The highest BCUT2D eigenvalue weighted by Gasteiger charge is 2.22. The lowest BCUT2D eigenvalue weighted by molar-refractivity contribution is 0.122. The van der Waals surface area contributed by atoms with Gasteiger partial charge in [0.25, 0.3) is 0 Å². The van der Waals surface area contributed by atoms with Gasteiger partial charge in [-0.05, 0) is 62.3 Å². The standard InChI is InChI=1S/C17H26N2/c1-13-7-9-19(14(2)10-13)12-15-5-6-17-16(11-15)4-3-8-18-17/h5-6,11,13-14,18H,3-4,7-10,12H2,1-2H3. The van der Waals surface area contributed by atoms with E-state index in [0.29, 0.717) is 0 Å². The molecule has 19 heavy (non-hydrogen) atoms. The van der Waals surface area contributed by atoms with Crippen LogP contribution in [-0.2, 0) is 13.0 Å². The molecule has 1 aromatic rings. The monoisotopic (exact) mass is 258 g/mol. The summed E-state index contributed by atoms with van der Waals surface area (Å²) in [5.74, 6) is 0.902. The molecular weight excluding hydrogens is 232 g/mol. The predicted molar refractivity (Wildman–Crippen MR) is 81.5 cm³/mol. The minimum atomic E-state index is 0.734. The summed E-state index contributed by atoms with van der Waals surface area (Å²) in [6.45, 7) is 8.29. The van der Waals surface area contributed by atoms with Crippen LogP contribution in [0.15, 0.2) is 18.2 Å². The third-order valence-electron chi connectivity index (χ3n) is 4.77. The number of hydrogen-bond donors (Lipinski definition) is 1. The maximum absolute atomic E-state index is 3.49. The molecule has 2 atom stereocenters. The molecule has 1 N–H and O–H groups in total. The Morgan fingerprint density at radius 3 is 3.05 bits per heavy atom. The van der Waals surface area contributed by atoms with Crippen molar-refractivity contribution in [1.82, 2.24) is 4.90 Å². The molecule has 2 unspecified atom stereocenters. The van der Waals surface area contributed by atoms with Gasteiger partial charge in [-0.2, -0.15) is 0 Å². The zero-order valence-corrected chi connectivity index (χ0v) is 12.3. The Hall–Kier alpha value is -1.02. The number of rotatable bonds is 2. The normalized spacial score (nSPS) is 27.7. The van der Waals surface area contributed by atoms with Crippen LogP contribution in [0.1, 0.15) is 44.2 Å². The topological polar surface area (TPSA) is 15.3 Å². The molecule has 3 rings (SSSR count). The first kappa shape index (κ1) is 13.0. The van der Waals surface area contributed by atoms with Gasteiger partial charge in [-0.15, -0.1) is 0 Å². The predicted octanol–water partition coefficient (Wildman–Crippen LogP) is 3.67. The zero-order chi connectivity index (χ0) is 13.2. The van der Waals surface area contributed by atoms with Gasteiger partial charge in [-0.25, -0.2) is 0 Å². The molecule has 0 bridgehead atoms. The first-order chi connectivity index (χ1) is 9.22. The van der Waals surface area contributed by atoms with E-state index in [4.69, 9.17) is 0 Å². The number of anilines is 1. The van der Waals surface area contributed by atoms with E-state index in [2.05, 4.69) is 42.3 Å². The fraction of sp³-hybridized carbons (Fsp3) is 0.647. The summed E-state index contributed by atoms with van der Waals surface area (Å²) in [7, 11) is 0. The molecule has 1 fully saturated rings. The lowest BCUT2D eigenvalue weighted by Gasteiger charge is -2.36. The lowest BCUT2D eigenvalue weighted by Crippen LogP contribution is -2.39. The summed E-state index contributed by atoms with van der Waals surface area (Å²) in [4.78, 5) is 2.65. The number of aryl methyl sites for hydroxylation is 1. The van der Waals surface area contributed by atoms with Crippen LogP contribution in [0, 0.1) is 5.92 Å². The van der Waals surface area contributed by atoms with Crippen molar-refractivity contribution in [2.24, 2.45) is 5.92 Å². The van der Waals surface area contributed by atoms with Gasteiger partial charge < -0.3 is 5.32 Å². The molecule has 0 radical (unpaired) electrons. The fourth-order valence-electron chi connectivity index (χ4n) is 3.55.